The average Bonchev–Trinajstić information content (AvgIpc) is 3.33. The SMILES string of the molecule is [2H]O[C@H]1CN[C@H](C(=O)N2CC(Oc3ccc4c(c3C(=O)O)OB(O)[C@H]3C[C@@H]43)C2)C1. The lowest BCUT2D eigenvalue weighted by Crippen LogP contribution is -2.59. The Morgan fingerprint density at radius 2 is 2.18 bits per heavy atom. The fraction of sp³-hybridized carbons (Fsp3) is 0.556. The Bertz CT molecular complexity index is 865. The lowest BCUT2D eigenvalue weighted by molar-refractivity contribution is -0.142. The summed E-state index contributed by atoms with van der Waals surface area (Å²) < 4.78 is 18.3. The van der Waals surface area contributed by atoms with Gasteiger partial charge in [0.15, 0.2) is 0 Å². The Morgan fingerprint density at radius 3 is 2.89 bits per heavy atom. The maximum absolute atomic E-state index is 12.5. The van der Waals surface area contributed by atoms with E-state index in [2.05, 4.69) is 10.4 Å². The van der Waals surface area contributed by atoms with Crippen molar-refractivity contribution in [2.24, 2.45) is 0 Å². The van der Waals surface area contributed by atoms with E-state index in [9.17, 15) is 19.7 Å². The van der Waals surface area contributed by atoms with Crippen LogP contribution in [0, 0.1) is 0 Å². The molecule has 10 heteroatoms. The fourth-order valence-electron chi connectivity index (χ4n) is 4.38. The zero-order valence-corrected chi connectivity index (χ0v) is 15.0. The highest BCUT2D eigenvalue weighted by atomic mass is 16.5. The fourth-order valence-corrected chi connectivity index (χ4v) is 4.38. The van der Waals surface area contributed by atoms with E-state index in [1.807, 2.05) is 0 Å². The summed E-state index contributed by atoms with van der Waals surface area (Å²) in [5.41, 5.74) is 0.721. The number of rotatable bonds is 5. The number of aliphatic hydroxyl groups excluding tert-OH is 1. The van der Waals surface area contributed by atoms with Gasteiger partial charge in [-0.05, 0) is 30.4 Å². The second-order valence-corrected chi connectivity index (χ2v) is 7.98. The molecule has 9 nitrogen and oxygen atoms in total. The lowest BCUT2D eigenvalue weighted by atomic mass is 9.77. The highest BCUT2D eigenvalue weighted by molar-refractivity contribution is 6.48. The van der Waals surface area contributed by atoms with Gasteiger partial charge >= 0.3 is 13.1 Å². The van der Waals surface area contributed by atoms with Gasteiger partial charge in [0.05, 0.1) is 25.2 Å². The first-order valence-electron chi connectivity index (χ1n) is 9.92. The predicted octanol–water partition coefficient (Wildman–Crippen LogP) is -0.572. The zero-order chi connectivity index (χ0) is 20.3. The number of carboxylic acid groups (broad SMARTS) is 1. The number of aliphatic hydroxyl groups is 1. The van der Waals surface area contributed by atoms with Gasteiger partial charge in [-0.1, -0.05) is 6.07 Å². The van der Waals surface area contributed by atoms with Gasteiger partial charge in [0.25, 0.3) is 0 Å². The molecule has 1 saturated carbocycles. The third kappa shape index (κ3) is 2.83. The van der Waals surface area contributed by atoms with Crippen LogP contribution in [0.2, 0.25) is 5.82 Å². The molecule has 2 saturated heterocycles. The van der Waals surface area contributed by atoms with Crippen molar-refractivity contribution in [3.05, 3.63) is 23.3 Å². The van der Waals surface area contributed by atoms with Crippen molar-refractivity contribution < 1.29 is 34.2 Å². The second-order valence-electron chi connectivity index (χ2n) is 7.98. The maximum atomic E-state index is 12.5. The molecule has 0 radical (unpaired) electrons. The highest BCUT2D eigenvalue weighted by Crippen LogP contribution is 2.60. The minimum absolute atomic E-state index is 0.0337. The van der Waals surface area contributed by atoms with Crippen LogP contribution < -0.4 is 14.7 Å². The molecule has 4 aliphatic rings. The van der Waals surface area contributed by atoms with Crippen molar-refractivity contribution >= 4 is 19.0 Å². The number of ether oxygens (including phenoxy) is 1. The zero-order valence-electron chi connectivity index (χ0n) is 16.0. The van der Waals surface area contributed by atoms with E-state index in [1.54, 1.807) is 17.0 Å². The molecule has 4 atom stereocenters. The third-order valence-corrected chi connectivity index (χ3v) is 6.05. The number of benzene rings is 1. The number of β-amino-alcohol motifs (C(OH)–C–C–N with tert-alkyl or cyclic N) is 1. The van der Waals surface area contributed by atoms with Crippen LogP contribution in [0.5, 0.6) is 11.5 Å². The van der Waals surface area contributed by atoms with Crippen molar-refractivity contribution in [3.8, 4) is 11.5 Å². The van der Waals surface area contributed by atoms with E-state index in [-0.39, 0.29) is 53.0 Å². The van der Waals surface area contributed by atoms with Crippen molar-refractivity contribution in [1.82, 2.24) is 10.2 Å². The Labute approximate surface area is 162 Å². The van der Waals surface area contributed by atoms with Crippen molar-refractivity contribution in [1.29, 1.82) is 1.43 Å². The van der Waals surface area contributed by atoms with Gasteiger partial charge in [0.2, 0.25) is 7.34 Å². The predicted molar refractivity (Wildman–Crippen MR) is 96.5 cm³/mol. The van der Waals surface area contributed by atoms with Gasteiger partial charge in [-0.3, -0.25) is 4.79 Å². The minimum Gasteiger partial charge on any atom is -0.535 e. The van der Waals surface area contributed by atoms with Crippen LogP contribution in [0.15, 0.2) is 12.1 Å². The Balaban J connectivity index is 1.26. The number of amides is 1. The molecule has 3 aliphatic heterocycles. The molecule has 1 aliphatic carbocycles. The maximum Gasteiger partial charge on any atom is 0.526 e. The third-order valence-electron chi connectivity index (χ3n) is 6.05. The molecule has 1 aromatic carbocycles. The van der Waals surface area contributed by atoms with E-state index in [1.165, 1.54) is 0 Å². The van der Waals surface area contributed by atoms with E-state index in [0.717, 1.165) is 12.0 Å². The summed E-state index contributed by atoms with van der Waals surface area (Å²) >= 11 is 0. The molecule has 0 unspecified atom stereocenters. The number of fused-ring (bicyclic) bond motifs is 3. The number of carbonyl (C=O) groups excluding carboxylic acids is 1. The standard InChI is InChI=1S/C18H21BN2O7/c22-8-3-13(20-5-8)17(23)21-6-9(7-21)27-14-2-1-10-11-4-12(11)19(26)28-16(10)15(14)18(24)25/h1-2,8-9,11-13,20,22,26H,3-7H2,(H,24,25)/t8-,11+,12+,13+/m1/s1/i22D. The number of hydrogen-bond acceptors (Lipinski definition) is 7. The molecule has 4 N–H and O–H groups in total. The molecule has 1 aromatic rings. The lowest BCUT2D eigenvalue weighted by Gasteiger charge is -2.40. The molecule has 5 rings (SSSR count). The average molecular weight is 389 g/mol. The summed E-state index contributed by atoms with van der Waals surface area (Å²) in [4.78, 5) is 26.0. The second kappa shape index (κ2) is 6.36. The number of nitrogens with one attached hydrogen (secondary N) is 1. The Hall–Kier alpha value is -2.30. The summed E-state index contributed by atoms with van der Waals surface area (Å²) in [6, 6.07) is 3.07. The Morgan fingerprint density at radius 1 is 1.36 bits per heavy atom. The van der Waals surface area contributed by atoms with E-state index in [0.29, 0.717) is 26.1 Å². The quantitative estimate of drug-likeness (QED) is 0.493. The molecule has 0 spiro atoms. The molecule has 148 valence electrons. The number of hydrogen-bond donors (Lipinski definition) is 4. The van der Waals surface area contributed by atoms with Gasteiger partial charge < -0.3 is 34.8 Å². The number of carbonyl (C=O) groups is 2. The summed E-state index contributed by atoms with van der Waals surface area (Å²) in [5, 5.41) is 27.3. The van der Waals surface area contributed by atoms with E-state index < -0.39 is 13.1 Å². The molecule has 3 heterocycles. The van der Waals surface area contributed by atoms with Crippen molar-refractivity contribution in [2.45, 2.75) is 42.8 Å². The molecule has 0 aromatic heterocycles. The van der Waals surface area contributed by atoms with Gasteiger partial charge in [-0.2, -0.15) is 0 Å². The summed E-state index contributed by atoms with van der Waals surface area (Å²) in [7, 11) is -0.992. The smallest absolute Gasteiger partial charge is 0.526 e. The van der Waals surface area contributed by atoms with Crippen LogP contribution in [0.4, 0.5) is 0 Å². The van der Waals surface area contributed by atoms with Crippen LogP contribution in [0.3, 0.4) is 0 Å². The van der Waals surface area contributed by atoms with Crippen LogP contribution in [0.1, 0.15) is 34.7 Å². The van der Waals surface area contributed by atoms with Crippen LogP contribution >= 0.6 is 0 Å². The summed E-state index contributed by atoms with van der Waals surface area (Å²) in [5.74, 6) is -0.711. The van der Waals surface area contributed by atoms with Crippen molar-refractivity contribution in [3.63, 3.8) is 0 Å². The van der Waals surface area contributed by atoms with E-state index >= 15 is 0 Å². The number of carboxylic acids is 1. The first-order chi connectivity index (χ1) is 14.0. The van der Waals surface area contributed by atoms with E-state index in [4.69, 9.17) is 10.8 Å². The monoisotopic (exact) mass is 389 g/mol. The van der Waals surface area contributed by atoms with Crippen molar-refractivity contribution in [2.75, 3.05) is 19.6 Å². The molecular formula is C18H21BN2O7. The minimum atomic E-state index is -1.17. The highest BCUT2D eigenvalue weighted by Gasteiger charge is 2.54. The van der Waals surface area contributed by atoms with Gasteiger partial charge in [-0.25, -0.2) is 4.79 Å². The summed E-state index contributed by atoms with van der Waals surface area (Å²) in [6.07, 6.45) is 0.642. The molecule has 1 amide bonds. The van der Waals surface area contributed by atoms with Crippen LogP contribution in [0.25, 0.3) is 0 Å². The summed E-state index contributed by atoms with van der Waals surface area (Å²) in [6.45, 7) is 1.18. The number of aromatic carboxylic acids is 1. The number of likely N-dealkylation sites (tertiary alicyclic amines) is 1. The topological polar surface area (TPSA) is 129 Å². The van der Waals surface area contributed by atoms with Gasteiger partial charge in [-0.15, -0.1) is 0 Å². The van der Waals surface area contributed by atoms with Gasteiger partial charge in [0.1, 0.15) is 23.2 Å². The number of nitrogens with zero attached hydrogens (tertiary/aromatic N) is 1. The first kappa shape index (κ1) is 16.6. The normalized spacial score (nSPS) is 31.2. The molecule has 28 heavy (non-hydrogen) atoms. The van der Waals surface area contributed by atoms with Crippen LogP contribution in [-0.4, -0.2) is 78.4 Å². The van der Waals surface area contributed by atoms with Crippen LogP contribution in [-0.2, 0) is 4.79 Å². The Kier molecular flexibility index (Phi) is 3.78. The molecular weight excluding hydrogens is 367 g/mol. The molecule has 3 fully saturated rings. The largest absolute Gasteiger partial charge is 0.535 e. The van der Waals surface area contributed by atoms with Gasteiger partial charge in [0, 0.05) is 12.4 Å². The molecule has 0 bridgehead atoms. The first-order valence-corrected chi connectivity index (χ1v) is 9.52.